The molecule has 0 aromatic carbocycles. The van der Waals surface area contributed by atoms with E-state index in [1.807, 2.05) is 20.2 Å². The molecule has 0 radical (unpaired) electrons. The molecule has 1 aromatic rings. The maximum atomic E-state index is 4.24. The number of hydrogen-bond donors (Lipinski definition) is 1. The van der Waals surface area contributed by atoms with E-state index in [0.29, 0.717) is 0 Å². The van der Waals surface area contributed by atoms with Gasteiger partial charge >= 0.3 is 0 Å². The first kappa shape index (κ1) is 10.3. The van der Waals surface area contributed by atoms with Crippen molar-refractivity contribution in [1.82, 2.24) is 14.9 Å². The third kappa shape index (κ3) is 2.84. The van der Waals surface area contributed by atoms with E-state index in [1.54, 1.807) is 0 Å². The van der Waals surface area contributed by atoms with E-state index >= 15 is 0 Å². The Kier molecular flexibility index (Phi) is 2.76. The van der Waals surface area contributed by atoms with E-state index < -0.39 is 0 Å². The van der Waals surface area contributed by atoms with Crippen LogP contribution in [0.1, 0.15) is 32.3 Å². The van der Waals surface area contributed by atoms with Gasteiger partial charge in [0, 0.05) is 25.3 Å². The second kappa shape index (κ2) is 3.50. The van der Waals surface area contributed by atoms with Gasteiger partial charge in [-0.2, -0.15) is 0 Å². The SMILES string of the molecule is Cc1ncc(CNC(C)(C)C)n1C. The number of hydrogen-bond acceptors (Lipinski definition) is 2. The first-order valence-corrected chi connectivity index (χ1v) is 4.62. The molecule has 3 nitrogen and oxygen atoms in total. The van der Waals surface area contributed by atoms with Crippen molar-refractivity contribution in [3.63, 3.8) is 0 Å². The topological polar surface area (TPSA) is 29.9 Å². The molecule has 1 heterocycles. The molecule has 74 valence electrons. The van der Waals surface area contributed by atoms with E-state index in [0.717, 1.165) is 12.4 Å². The zero-order valence-electron chi connectivity index (χ0n) is 9.18. The van der Waals surface area contributed by atoms with E-state index in [1.165, 1.54) is 5.69 Å². The van der Waals surface area contributed by atoms with E-state index in [9.17, 15) is 0 Å². The van der Waals surface area contributed by atoms with Gasteiger partial charge in [0.2, 0.25) is 0 Å². The van der Waals surface area contributed by atoms with Crippen molar-refractivity contribution in [3.8, 4) is 0 Å². The Balaban J connectivity index is 2.60. The number of nitrogens with zero attached hydrogens (tertiary/aromatic N) is 2. The highest BCUT2D eigenvalue weighted by atomic mass is 15.1. The summed E-state index contributed by atoms with van der Waals surface area (Å²) in [5.41, 5.74) is 1.39. The summed E-state index contributed by atoms with van der Waals surface area (Å²) in [4.78, 5) is 4.24. The van der Waals surface area contributed by atoms with Crippen LogP contribution in [-0.4, -0.2) is 15.1 Å². The molecule has 0 aliphatic carbocycles. The minimum Gasteiger partial charge on any atom is -0.334 e. The molecular formula is C10H19N3. The Bertz CT molecular complexity index is 281. The number of aromatic nitrogens is 2. The highest BCUT2D eigenvalue weighted by molar-refractivity contribution is 5.03. The summed E-state index contributed by atoms with van der Waals surface area (Å²) in [5.74, 6) is 1.06. The standard InChI is InChI=1S/C10H19N3/c1-8-11-6-9(13(8)5)7-12-10(2,3)4/h6,12H,7H2,1-5H3. The molecule has 13 heavy (non-hydrogen) atoms. The zero-order valence-corrected chi connectivity index (χ0v) is 9.18. The lowest BCUT2D eigenvalue weighted by atomic mass is 10.1. The van der Waals surface area contributed by atoms with Crippen LogP contribution in [-0.2, 0) is 13.6 Å². The Morgan fingerprint density at radius 2 is 2.08 bits per heavy atom. The van der Waals surface area contributed by atoms with Crippen molar-refractivity contribution in [2.24, 2.45) is 7.05 Å². The molecule has 0 spiro atoms. The van der Waals surface area contributed by atoms with Crippen molar-refractivity contribution in [2.75, 3.05) is 0 Å². The van der Waals surface area contributed by atoms with Crippen LogP contribution in [0, 0.1) is 6.92 Å². The Morgan fingerprint density at radius 3 is 2.46 bits per heavy atom. The van der Waals surface area contributed by atoms with Gasteiger partial charge in [-0.25, -0.2) is 4.98 Å². The van der Waals surface area contributed by atoms with Gasteiger partial charge in [-0.15, -0.1) is 0 Å². The van der Waals surface area contributed by atoms with Crippen molar-refractivity contribution in [2.45, 2.75) is 39.8 Å². The molecule has 0 unspecified atom stereocenters. The molecule has 0 saturated heterocycles. The summed E-state index contributed by atoms with van der Waals surface area (Å²) in [6.45, 7) is 9.38. The van der Waals surface area contributed by atoms with Gasteiger partial charge in [-0.05, 0) is 27.7 Å². The average molecular weight is 181 g/mol. The molecule has 1 N–H and O–H groups in total. The summed E-state index contributed by atoms with van der Waals surface area (Å²) >= 11 is 0. The lowest BCUT2D eigenvalue weighted by Crippen LogP contribution is -2.35. The van der Waals surface area contributed by atoms with Crippen molar-refractivity contribution < 1.29 is 0 Å². The minimum atomic E-state index is 0.165. The lowest BCUT2D eigenvalue weighted by Gasteiger charge is -2.20. The van der Waals surface area contributed by atoms with Crippen LogP contribution in [0.25, 0.3) is 0 Å². The number of nitrogens with one attached hydrogen (secondary N) is 1. The van der Waals surface area contributed by atoms with Gasteiger partial charge in [0.05, 0.1) is 5.69 Å². The Morgan fingerprint density at radius 1 is 1.46 bits per heavy atom. The van der Waals surface area contributed by atoms with Crippen molar-refractivity contribution >= 4 is 0 Å². The predicted octanol–water partition coefficient (Wildman–Crippen LogP) is 1.62. The molecule has 0 saturated carbocycles. The maximum absolute atomic E-state index is 4.24. The molecule has 0 fully saturated rings. The quantitative estimate of drug-likeness (QED) is 0.751. The number of rotatable bonds is 2. The largest absolute Gasteiger partial charge is 0.334 e. The molecule has 0 bridgehead atoms. The molecule has 0 aliphatic rings. The normalized spacial score (nSPS) is 12.1. The number of imidazole rings is 1. The summed E-state index contributed by atoms with van der Waals surface area (Å²) < 4.78 is 2.11. The smallest absolute Gasteiger partial charge is 0.105 e. The fraction of sp³-hybridized carbons (Fsp3) is 0.700. The molecular weight excluding hydrogens is 162 g/mol. The van der Waals surface area contributed by atoms with Gasteiger partial charge < -0.3 is 9.88 Å². The third-order valence-corrected chi connectivity index (χ3v) is 2.12. The Labute approximate surface area is 80.2 Å². The maximum Gasteiger partial charge on any atom is 0.105 e. The van der Waals surface area contributed by atoms with E-state index in [-0.39, 0.29) is 5.54 Å². The first-order chi connectivity index (χ1) is 5.90. The molecule has 0 amide bonds. The second-order valence-electron chi connectivity index (χ2n) is 4.46. The summed E-state index contributed by atoms with van der Waals surface area (Å²) in [7, 11) is 2.04. The third-order valence-electron chi connectivity index (χ3n) is 2.12. The minimum absolute atomic E-state index is 0.165. The Hall–Kier alpha value is -0.830. The van der Waals surface area contributed by atoms with Crippen LogP contribution in [0.3, 0.4) is 0 Å². The van der Waals surface area contributed by atoms with E-state index in [4.69, 9.17) is 0 Å². The van der Waals surface area contributed by atoms with Crippen LogP contribution < -0.4 is 5.32 Å². The monoisotopic (exact) mass is 181 g/mol. The zero-order chi connectivity index (χ0) is 10.1. The molecule has 3 heteroatoms. The summed E-state index contributed by atoms with van der Waals surface area (Å²) in [6, 6.07) is 0. The van der Waals surface area contributed by atoms with Crippen molar-refractivity contribution in [1.29, 1.82) is 0 Å². The molecule has 1 rings (SSSR count). The molecule has 0 atom stereocenters. The molecule has 0 aliphatic heterocycles. The number of aryl methyl sites for hydroxylation is 1. The van der Waals surface area contributed by atoms with Gasteiger partial charge in [-0.1, -0.05) is 0 Å². The lowest BCUT2D eigenvalue weighted by molar-refractivity contribution is 0.418. The fourth-order valence-electron chi connectivity index (χ4n) is 1.07. The fourth-order valence-corrected chi connectivity index (χ4v) is 1.07. The van der Waals surface area contributed by atoms with E-state index in [2.05, 4.69) is 35.6 Å². The molecule has 1 aromatic heterocycles. The summed E-state index contributed by atoms with van der Waals surface area (Å²) in [6.07, 6.45) is 1.92. The van der Waals surface area contributed by atoms with Gasteiger partial charge in [0.15, 0.2) is 0 Å². The van der Waals surface area contributed by atoms with Gasteiger partial charge in [0.25, 0.3) is 0 Å². The van der Waals surface area contributed by atoms with Crippen LogP contribution in [0.2, 0.25) is 0 Å². The second-order valence-corrected chi connectivity index (χ2v) is 4.46. The van der Waals surface area contributed by atoms with Crippen LogP contribution in [0.4, 0.5) is 0 Å². The van der Waals surface area contributed by atoms with Gasteiger partial charge in [-0.3, -0.25) is 0 Å². The predicted molar refractivity (Wildman–Crippen MR) is 54.5 cm³/mol. The van der Waals surface area contributed by atoms with Crippen molar-refractivity contribution in [3.05, 3.63) is 17.7 Å². The van der Waals surface area contributed by atoms with Gasteiger partial charge in [0.1, 0.15) is 5.82 Å². The van der Waals surface area contributed by atoms with Crippen LogP contribution in [0.15, 0.2) is 6.20 Å². The highest BCUT2D eigenvalue weighted by Gasteiger charge is 2.10. The van der Waals surface area contributed by atoms with Crippen LogP contribution >= 0.6 is 0 Å². The first-order valence-electron chi connectivity index (χ1n) is 4.62. The van der Waals surface area contributed by atoms with Crippen LogP contribution in [0.5, 0.6) is 0 Å². The summed E-state index contributed by atoms with van der Waals surface area (Å²) in [5, 5.41) is 3.43. The average Bonchev–Trinajstić information content (AvgIpc) is 2.29. The highest BCUT2D eigenvalue weighted by Crippen LogP contribution is 2.05.